The zero-order valence-electron chi connectivity index (χ0n) is 13.9. The summed E-state index contributed by atoms with van der Waals surface area (Å²) in [6.45, 7) is 1.12. The second-order valence-corrected chi connectivity index (χ2v) is 8.46. The minimum Gasteiger partial charge on any atom is -0.376 e. The minimum absolute atomic E-state index is 0.103. The molecule has 0 spiro atoms. The van der Waals surface area contributed by atoms with Crippen LogP contribution >= 0.6 is 0 Å². The summed E-state index contributed by atoms with van der Waals surface area (Å²) in [5, 5.41) is 11.7. The molecule has 0 amide bonds. The predicted octanol–water partition coefficient (Wildman–Crippen LogP) is 3.07. The Labute approximate surface area is 149 Å². The van der Waals surface area contributed by atoms with Crippen molar-refractivity contribution in [2.75, 3.05) is 6.54 Å². The number of alkyl halides is 3. The molecule has 0 aliphatic carbocycles. The molecule has 0 saturated carbocycles. The molecule has 2 aromatic rings. The SMILES string of the molecule is CC(O)(c1ccc(S(=O)(=O)C2NCCc3ccccc32)cc1)C(F)(F)F. The van der Waals surface area contributed by atoms with Crippen LogP contribution in [0.5, 0.6) is 0 Å². The lowest BCUT2D eigenvalue weighted by Gasteiger charge is -2.28. The summed E-state index contributed by atoms with van der Waals surface area (Å²) in [6, 6.07) is 11.4. The summed E-state index contributed by atoms with van der Waals surface area (Å²) in [5.41, 5.74) is -1.90. The molecule has 26 heavy (non-hydrogen) atoms. The fourth-order valence-electron chi connectivity index (χ4n) is 3.01. The van der Waals surface area contributed by atoms with E-state index in [0.29, 0.717) is 25.5 Å². The summed E-state index contributed by atoms with van der Waals surface area (Å²) < 4.78 is 64.7. The fraction of sp³-hybridized carbons (Fsp3) is 0.333. The third-order valence-electron chi connectivity index (χ3n) is 4.67. The fourth-order valence-corrected chi connectivity index (χ4v) is 4.70. The van der Waals surface area contributed by atoms with Crippen LogP contribution in [0.3, 0.4) is 0 Å². The number of fused-ring (bicyclic) bond motifs is 1. The normalized spacial score (nSPS) is 20.3. The van der Waals surface area contributed by atoms with E-state index in [-0.39, 0.29) is 4.90 Å². The maximum absolute atomic E-state index is 13.0. The summed E-state index contributed by atoms with van der Waals surface area (Å²) in [6.07, 6.45) is -4.16. The second kappa shape index (κ2) is 6.37. The van der Waals surface area contributed by atoms with Crippen molar-refractivity contribution in [2.24, 2.45) is 0 Å². The number of benzene rings is 2. The van der Waals surface area contributed by atoms with E-state index in [4.69, 9.17) is 0 Å². The minimum atomic E-state index is -4.86. The molecule has 0 fully saturated rings. The molecular weight excluding hydrogens is 367 g/mol. The first-order chi connectivity index (χ1) is 12.0. The molecule has 2 unspecified atom stereocenters. The van der Waals surface area contributed by atoms with E-state index in [1.165, 1.54) is 0 Å². The molecule has 2 aromatic carbocycles. The summed E-state index contributed by atoms with van der Waals surface area (Å²) in [4.78, 5) is -0.103. The van der Waals surface area contributed by atoms with Crippen LogP contribution in [0, 0.1) is 0 Å². The molecule has 3 rings (SSSR count). The number of sulfone groups is 1. The molecule has 0 saturated heterocycles. The number of hydrogen-bond donors (Lipinski definition) is 2. The van der Waals surface area contributed by atoms with Crippen LogP contribution in [0.2, 0.25) is 0 Å². The first-order valence-electron chi connectivity index (χ1n) is 8.00. The van der Waals surface area contributed by atoms with Crippen molar-refractivity contribution in [3.63, 3.8) is 0 Å². The first kappa shape index (κ1) is 18.9. The van der Waals surface area contributed by atoms with Crippen molar-refractivity contribution in [3.05, 3.63) is 65.2 Å². The van der Waals surface area contributed by atoms with Gasteiger partial charge in [0.05, 0.1) is 4.90 Å². The molecule has 8 heteroatoms. The Kier molecular flexibility index (Phi) is 4.62. The van der Waals surface area contributed by atoms with Crippen LogP contribution in [0.1, 0.15) is 29.0 Å². The van der Waals surface area contributed by atoms with Crippen LogP contribution in [0.25, 0.3) is 0 Å². The number of aliphatic hydroxyl groups is 1. The Hall–Kier alpha value is -1.90. The Morgan fingerprint density at radius 3 is 2.31 bits per heavy atom. The zero-order chi connectivity index (χ0) is 19.2. The van der Waals surface area contributed by atoms with Crippen LogP contribution in [-0.2, 0) is 21.9 Å². The van der Waals surface area contributed by atoms with E-state index in [1.54, 1.807) is 12.1 Å². The van der Waals surface area contributed by atoms with Gasteiger partial charge in [0, 0.05) is 6.54 Å². The third kappa shape index (κ3) is 3.13. The van der Waals surface area contributed by atoms with Gasteiger partial charge in [0.2, 0.25) is 0 Å². The van der Waals surface area contributed by atoms with E-state index in [9.17, 15) is 26.7 Å². The van der Waals surface area contributed by atoms with Gasteiger partial charge in [0.25, 0.3) is 0 Å². The van der Waals surface area contributed by atoms with E-state index in [0.717, 1.165) is 29.8 Å². The van der Waals surface area contributed by atoms with Crippen molar-refractivity contribution in [1.82, 2.24) is 5.32 Å². The monoisotopic (exact) mass is 385 g/mol. The lowest BCUT2D eigenvalue weighted by molar-refractivity contribution is -0.258. The summed E-state index contributed by atoms with van der Waals surface area (Å²) in [5.74, 6) is 0. The van der Waals surface area contributed by atoms with Gasteiger partial charge < -0.3 is 5.11 Å². The lowest BCUT2D eigenvalue weighted by Crippen LogP contribution is -2.39. The van der Waals surface area contributed by atoms with Gasteiger partial charge in [-0.3, -0.25) is 5.32 Å². The van der Waals surface area contributed by atoms with Crippen molar-refractivity contribution in [1.29, 1.82) is 0 Å². The molecule has 1 aliphatic rings. The van der Waals surface area contributed by atoms with Crippen LogP contribution in [0.15, 0.2) is 53.4 Å². The predicted molar refractivity (Wildman–Crippen MR) is 90.1 cm³/mol. The lowest BCUT2D eigenvalue weighted by atomic mass is 9.96. The van der Waals surface area contributed by atoms with E-state index >= 15 is 0 Å². The number of hydrogen-bond acceptors (Lipinski definition) is 4. The molecule has 2 N–H and O–H groups in total. The number of nitrogens with one attached hydrogen (secondary N) is 1. The number of rotatable bonds is 3. The van der Waals surface area contributed by atoms with Gasteiger partial charge >= 0.3 is 6.18 Å². The standard InChI is InChI=1S/C18H18F3NO3S/c1-17(23,18(19,20)21)13-6-8-14(9-7-13)26(24,25)16-15-5-3-2-4-12(15)10-11-22-16/h2-9,16,22-23H,10-11H2,1H3. The highest BCUT2D eigenvalue weighted by molar-refractivity contribution is 7.91. The van der Waals surface area contributed by atoms with Gasteiger partial charge in [-0.2, -0.15) is 13.2 Å². The largest absolute Gasteiger partial charge is 0.421 e. The first-order valence-corrected chi connectivity index (χ1v) is 9.54. The van der Waals surface area contributed by atoms with Gasteiger partial charge in [0.1, 0.15) is 5.37 Å². The molecule has 0 radical (unpaired) electrons. The van der Waals surface area contributed by atoms with Gasteiger partial charge in [-0.25, -0.2) is 8.42 Å². The Morgan fingerprint density at radius 2 is 1.69 bits per heavy atom. The average Bonchev–Trinajstić information content (AvgIpc) is 2.60. The van der Waals surface area contributed by atoms with Gasteiger partial charge in [-0.15, -0.1) is 0 Å². The number of halogens is 3. The maximum Gasteiger partial charge on any atom is 0.421 e. The van der Waals surface area contributed by atoms with Crippen molar-refractivity contribution >= 4 is 9.84 Å². The molecule has 4 nitrogen and oxygen atoms in total. The average molecular weight is 385 g/mol. The summed E-state index contributed by atoms with van der Waals surface area (Å²) >= 11 is 0. The van der Waals surface area contributed by atoms with Crippen LogP contribution in [0.4, 0.5) is 13.2 Å². The third-order valence-corrected chi connectivity index (χ3v) is 6.64. The molecule has 1 heterocycles. The molecular formula is C18H18F3NO3S. The van der Waals surface area contributed by atoms with E-state index in [2.05, 4.69) is 5.32 Å². The highest BCUT2D eigenvalue weighted by atomic mass is 32.2. The summed E-state index contributed by atoms with van der Waals surface area (Å²) in [7, 11) is -3.85. The van der Waals surface area contributed by atoms with Gasteiger partial charge in [0.15, 0.2) is 15.4 Å². The van der Waals surface area contributed by atoms with E-state index < -0.39 is 32.6 Å². The highest BCUT2D eigenvalue weighted by Crippen LogP contribution is 2.39. The highest BCUT2D eigenvalue weighted by Gasteiger charge is 2.51. The van der Waals surface area contributed by atoms with Crippen molar-refractivity contribution < 1.29 is 26.7 Å². The van der Waals surface area contributed by atoms with Gasteiger partial charge in [-0.05, 0) is 42.2 Å². The second-order valence-electron chi connectivity index (χ2n) is 6.42. The molecule has 2 atom stereocenters. The Morgan fingerprint density at radius 1 is 1.08 bits per heavy atom. The zero-order valence-corrected chi connectivity index (χ0v) is 14.7. The van der Waals surface area contributed by atoms with E-state index in [1.807, 2.05) is 12.1 Å². The van der Waals surface area contributed by atoms with Crippen LogP contribution < -0.4 is 5.32 Å². The molecule has 1 aliphatic heterocycles. The smallest absolute Gasteiger partial charge is 0.376 e. The van der Waals surface area contributed by atoms with Crippen molar-refractivity contribution in [2.45, 2.75) is 35.4 Å². The van der Waals surface area contributed by atoms with Gasteiger partial charge in [-0.1, -0.05) is 36.4 Å². The molecule has 0 aromatic heterocycles. The Bertz CT molecular complexity index is 906. The molecule has 140 valence electrons. The Balaban J connectivity index is 1.97. The topological polar surface area (TPSA) is 66.4 Å². The van der Waals surface area contributed by atoms with Crippen LogP contribution in [-0.4, -0.2) is 26.2 Å². The maximum atomic E-state index is 13.0. The quantitative estimate of drug-likeness (QED) is 0.852. The van der Waals surface area contributed by atoms with Crippen molar-refractivity contribution in [3.8, 4) is 0 Å². The molecule has 0 bridgehead atoms.